The zero-order valence-electron chi connectivity index (χ0n) is 8.47. The van der Waals surface area contributed by atoms with Gasteiger partial charge in [-0.1, -0.05) is 0 Å². The zero-order chi connectivity index (χ0) is 9.64. The first-order chi connectivity index (χ1) is 6.03. The van der Waals surface area contributed by atoms with Crippen molar-refractivity contribution in [2.24, 2.45) is 11.7 Å². The summed E-state index contributed by atoms with van der Waals surface area (Å²) in [4.78, 5) is 0. The molecule has 5 heteroatoms. The number of ether oxygens (including phenoxy) is 2. The lowest BCUT2D eigenvalue weighted by atomic mass is 10.1. The minimum atomic E-state index is -0.541. The molecule has 1 heterocycles. The van der Waals surface area contributed by atoms with E-state index in [0.29, 0.717) is 0 Å². The summed E-state index contributed by atoms with van der Waals surface area (Å²) >= 11 is 0. The molecule has 0 bridgehead atoms. The number of aliphatic hydroxyl groups is 1. The molecule has 2 fully saturated rings. The average Bonchev–Trinajstić information content (AvgIpc) is 2.47. The lowest BCUT2D eigenvalue weighted by Crippen LogP contribution is -2.34. The van der Waals surface area contributed by atoms with Crippen molar-refractivity contribution in [1.29, 1.82) is 0 Å². The minimum Gasteiger partial charge on any atom is -0.396 e. The Morgan fingerprint density at radius 1 is 1.36 bits per heavy atom. The van der Waals surface area contributed by atoms with Crippen molar-refractivity contribution in [3.8, 4) is 0 Å². The Hall–Kier alpha value is 0.130. The molecule has 0 aromatic carbocycles. The third kappa shape index (κ3) is 1.90. The van der Waals surface area contributed by atoms with Crippen LogP contribution in [0.15, 0.2) is 0 Å². The van der Waals surface area contributed by atoms with E-state index in [9.17, 15) is 0 Å². The molecule has 4 atom stereocenters. The van der Waals surface area contributed by atoms with Gasteiger partial charge in [0.25, 0.3) is 0 Å². The summed E-state index contributed by atoms with van der Waals surface area (Å²) in [5.74, 6) is -0.400. The summed E-state index contributed by atoms with van der Waals surface area (Å²) in [5, 5.41) is 9.11. The second-order valence-corrected chi connectivity index (χ2v) is 4.41. The van der Waals surface area contributed by atoms with Crippen molar-refractivity contribution in [3.63, 3.8) is 0 Å². The normalized spacial score (nSPS) is 44.6. The molecule has 0 aromatic heterocycles. The Bertz CT molecular complexity index is 212. The molecule has 2 aliphatic rings. The van der Waals surface area contributed by atoms with Crippen LogP contribution in [0.5, 0.6) is 0 Å². The number of hydrogen-bond donors (Lipinski definition) is 2. The first-order valence-electron chi connectivity index (χ1n) is 4.75. The van der Waals surface area contributed by atoms with Gasteiger partial charge in [0.05, 0.1) is 6.10 Å². The molecule has 1 saturated carbocycles. The van der Waals surface area contributed by atoms with E-state index in [1.54, 1.807) is 0 Å². The van der Waals surface area contributed by atoms with E-state index in [1.807, 2.05) is 13.8 Å². The lowest BCUT2D eigenvalue weighted by Gasteiger charge is -2.21. The molecule has 0 aromatic rings. The molecule has 84 valence electrons. The third-order valence-electron chi connectivity index (χ3n) is 2.86. The van der Waals surface area contributed by atoms with Crippen molar-refractivity contribution in [3.05, 3.63) is 0 Å². The van der Waals surface area contributed by atoms with E-state index in [1.165, 1.54) is 0 Å². The fourth-order valence-corrected chi connectivity index (χ4v) is 2.31. The number of rotatable bonds is 1. The largest absolute Gasteiger partial charge is 0.396 e. The molecule has 14 heavy (non-hydrogen) atoms. The fourth-order valence-electron chi connectivity index (χ4n) is 2.31. The fraction of sp³-hybridized carbons (Fsp3) is 1.00. The van der Waals surface area contributed by atoms with E-state index in [0.717, 1.165) is 6.42 Å². The van der Waals surface area contributed by atoms with Crippen LogP contribution >= 0.6 is 12.4 Å². The van der Waals surface area contributed by atoms with Crippen LogP contribution in [-0.2, 0) is 9.47 Å². The highest BCUT2D eigenvalue weighted by atomic mass is 35.5. The molecular formula is C9H18ClNO3. The van der Waals surface area contributed by atoms with Gasteiger partial charge < -0.3 is 20.3 Å². The van der Waals surface area contributed by atoms with Crippen LogP contribution in [0, 0.1) is 5.92 Å². The predicted molar refractivity (Wildman–Crippen MR) is 54.2 cm³/mol. The molecule has 1 aliphatic heterocycles. The van der Waals surface area contributed by atoms with Gasteiger partial charge in [-0.05, 0) is 20.3 Å². The predicted octanol–water partition coefficient (Wildman–Crippen LogP) is 0.268. The Kier molecular flexibility index (Phi) is 3.44. The van der Waals surface area contributed by atoms with Crippen molar-refractivity contribution >= 4 is 12.4 Å². The van der Waals surface area contributed by atoms with Gasteiger partial charge in [0.1, 0.15) is 6.10 Å². The molecule has 2 rings (SSSR count). The van der Waals surface area contributed by atoms with E-state index >= 15 is 0 Å². The second kappa shape index (κ2) is 3.94. The first-order valence-corrected chi connectivity index (χ1v) is 4.75. The summed E-state index contributed by atoms with van der Waals surface area (Å²) in [5.41, 5.74) is 5.89. The third-order valence-corrected chi connectivity index (χ3v) is 2.86. The number of nitrogens with two attached hydrogens (primary N) is 1. The van der Waals surface area contributed by atoms with Crippen molar-refractivity contribution in [1.82, 2.24) is 0 Å². The molecule has 0 unspecified atom stereocenters. The summed E-state index contributed by atoms with van der Waals surface area (Å²) in [6, 6.07) is 0.00363. The van der Waals surface area contributed by atoms with Gasteiger partial charge >= 0.3 is 0 Å². The van der Waals surface area contributed by atoms with E-state index in [-0.39, 0.29) is 43.2 Å². The summed E-state index contributed by atoms with van der Waals surface area (Å²) in [7, 11) is 0. The average molecular weight is 224 g/mol. The second-order valence-electron chi connectivity index (χ2n) is 4.41. The SMILES string of the molecule is CC1(C)O[C@@H]2[C@@H](CO)C[C@@H](N)[C@@H]2O1.Cl. The topological polar surface area (TPSA) is 64.7 Å². The quantitative estimate of drug-likeness (QED) is 0.670. The smallest absolute Gasteiger partial charge is 0.163 e. The monoisotopic (exact) mass is 223 g/mol. The number of fused-ring (bicyclic) bond motifs is 1. The standard InChI is InChI=1S/C9H17NO3.ClH/c1-9(2)12-7-5(4-11)3-6(10)8(7)13-9;/h5-8,11H,3-4,10H2,1-2H3;1H/t5-,6-,7-,8+;/m1./s1. The Morgan fingerprint density at radius 3 is 2.50 bits per heavy atom. The van der Waals surface area contributed by atoms with Gasteiger partial charge in [-0.25, -0.2) is 0 Å². The van der Waals surface area contributed by atoms with E-state index in [4.69, 9.17) is 20.3 Å². The van der Waals surface area contributed by atoms with Crippen molar-refractivity contribution in [2.45, 2.75) is 44.3 Å². The highest BCUT2D eigenvalue weighted by Gasteiger charge is 2.52. The minimum absolute atomic E-state index is 0. The van der Waals surface area contributed by atoms with Gasteiger partial charge in [0.2, 0.25) is 0 Å². The highest BCUT2D eigenvalue weighted by Crippen LogP contribution is 2.40. The van der Waals surface area contributed by atoms with Crippen LogP contribution in [0.2, 0.25) is 0 Å². The Morgan fingerprint density at radius 2 is 1.93 bits per heavy atom. The van der Waals surface area contributed by atoms with Gasteiger partial charge in [-0.3, -0.25) is 0 Å². The molecule has 0 radical (unpaired) electrons. The highest BCUT2D eigenvalue weighted by molar-refractivity contribution is 5.85. The first kappa shape index (κ1) is 12.2. The van der Waals surface area contributed by atoms with Crippen LogP contribution in [0.3, 0.4) is 0 Å². The summed E-state index contributed by atoms with van der Waals surface area (Å²) < 4.78 is 11.3. The Balaban J connectivity index is 0.000000980. The molecule has 1 aliphatic carbocycles. The molecule has 3 N–H and O–H groups in total. The summed E-state index contributed by atoms with van der Waals surface area (Å²) in [6.45, 7) is 3.90. The van der Waals surface area contributed by atoms with E-state index < -0.39 is 5.79 Å². The molecular weight excluding hydrogens is 206 g/mol. The van der Waals surface area contributed by atoms with E-state index in [2.05, 4.69) is 0 Å². The van der Waals surface area contributed by atoms with Crippen LogP contribution < -0.4 is 5.73 Å². The van der Waals surface area contributed by atoms with Crippen LogP contribution in [0.4, 0.5) is 0 Å². The number of hydrogen-bond acceptors (Lipinski definition) is 4. The van der Waals surface area contributed by atoms with Crippen LogP contribution in [-0.4, -0.2) is 35.8 Å². The maximum absolute atomic E-state index is 9.11. The maximum Gasteiger partial charge on any atom is 0.163 e. The van der Waals surface area contributed by atoms with Crippen LogP contribution in [0.25, 0.3) is 0 Å². The van der Waals surface area contributed by atoms with Crippen molar-refractivity contribution < 1.29 is 14.6 Å². The van der Waals surface area contributed by atoms with Gasteiger partial charge in [-0.2, -0.15) is 0 Å². The maximum atomic E-state index is 9.11. The molecule has 0 spiro atoms. The lowest BCUT2D eigenvalue weighted by molar-refractivity contribution is -0.159. The molecule has 1 saturated heterocycles. The summed E-state index contributed by atoms with van der Waals surface area (Å²) in [6.07, 6.45) is 0.740. The molecule has 4 nitrogen and oxygen atoms in total. The van der Waals surface area contributed by atoms with Crippen LogP contribution in [0.1, 0.15) is 20.3 Å². The van der Waals surface area contributed by atoms with Gasteiger partial charge in [0.15, 0.2) is 5.79 Å². The van der Waals surface area contributed by atoms with Gasteiger partial charge in [-0.15, -0.1) is 12.4 Å². The van der Waals surface area contributed by atoms with Gasteiger partial charge in [0, 0.05) is 18.6 Å². The Labute approximate surface area is 90.2 Å². The van der Waals surface area contributed by atoms with Crippen molar-refractivity contribution in [2.75, 3.05) is 6.61 Å². The molecule has 0 amide bonds. The zero-order valence-corrected chi connectivity index (χ0v) is 9.29. The number of aliphatic hydroxyl groups excluding tert-OH is 1. The number of halogens is 1.